The Bertz CT molecular complexity index is 8.00. The van der Waals surface area contributed by atoms with Crippen LogP contribution in [-0.4, -0.2) is 60.7 Å². The first-order valence-electron chi connectivity index (χ1n) is 0.129. The summed E-state index contributed by atoms with van der Waals surface area (Å²) in [5, 5.41) is 0. The molecule has 4 heavy (non-hydrogen) atoms. The molecule has 0 nitrogen and oxygen atoms in total. The van der Waals surface area contributed by atoms with Crippen molar-refractivity contribution in [1.82, 2.24) is 0 Å². The van der Waals surface area contributed by atoms with Crippen LogP contribution in [0.15, 0.2) is 0 Å². The third-order valence-electron chi connectivity index (χ3n) is 0. The van der Waals surface area contributed by atoms with Crippen LogP contribution in [0.5, 0.6) is 0 Å². The fraction of sp³-hybridized carbons (Fsp3) is 0. The Labute approximate surface area is 75.0 Å². The van der Waals surface area contributed by atoms with Crippen molar-refractivity contribution in [3.05, 3.63) is 0 Å². The molecule has 0 N–H and O–H groups in total. The molecule has 0 aromatic rings. The molecule has 0 aromatic carbocycles. The zero-order valence-electron chi connectivity index (χ0n) is 0.724. The third kappa shape index (κ3) is 8.84. The minimum atomic E-state index is 0. The van der Waals surface area contributed by atoms with Crippen LogP contribution >= 0.6 is 0 Å². The Kier molecular flexibility index (Phi) is 67.6. The van der Waals surface area contributed by atoms with Gasteiger partial charge in [0.05, 0.1) is 0 Å². The zero-order chi connectivity index (χ0) is 2.00. The molecule has 0 spiro atoms. The summed E-state index contributed by atoms with van der Waals surface area (Å²) >= 11 is 4.56. The molecule has 0 heterocycles. The second-order valence-corrected chi connectivity index (χ2v) is 0. The van der Waals surface area contributed by atoms with E-state index >= 15 is 0 Å². The number of rotatable bonds is 0. The first kappa shape index (κ1) is 15.8. The van der Waals surface area contributed by atoms with Crippen molar-refractivity contribution >= 4 is 60.7 Å². The SMILES string of the molecule is [GeH4].[Pd][Te].[SnH4]. The van der Waals surface area contributed by atoms with Gasteiger partial charge in [0.15, 0.2) is 0 Å². The maximum atomic E-state index is 2.76. The van der Waals surface area contributed by atoms with Gasteiger partial charge in [-0.1, -0.05) is 0 Å². The van der Waals surface area contributed by atoms with Crippen LogP contribution in [0.2, 0.25) is 0 Å². The normalized spacial score (nSPS) is 1.75. The van der Waals surface area contributed by atoms with Crippen LogP contribution in [0, 0.1) is 0 Å². The van der Waals surface area contributed by atoms with Crippen molar-refractivity contribution in [3.8, 4) is 0 Å². The molecule has 0 aliphatic rings. The van der Waals surface area contributed by atoms with Gasteiger partial charge >= 0.3 is 76.4 Å². The van der Waals surface area contributed by atoms with E-state index in [0.29, 0.717) is 0 Å². The van der Waals surface area contributed by atoms with E-state index in [2.05, 4.69) is 15.7 Å². The average molecular weight is 433 g/mol. The van der Waals surface area contributed by atoms with Crippen LogP contribution < -0.4 is 0 Å². The Hall–Kier alpha value is 2.79. The predicted molar refractivity (Wildman–Crippen MR) is 28.4 cm³/mol. The van der Waals surface area contributed by atoms with Crippen LogP contribution in [0.4, 0.5) is 0 Å². The Balaban J connectivity index is -0.00000000500. The van der Waals surface area contributed by atoms with Crippen molar-refractivity contribution in [2.24, 2.45) is 0 Å². The van der Waals surface area contributed by atoms with Crippen molar-refractivity contribution in [1.29, 1.82) is 0 Å². The Morgan fingerprint density at radius 1 is 1.25 bits per heavy atom. The van der Waals surface area contributed by atoms with Gasteiger partial charge in [-0.3, -0.25) is 0 Å². The van der Waals surface area contributed by atoms with Crippen molar-refractivity contribution < 1.29 is 15.7 Å². The number of hydrogen-bond acceptors (Lipinski definition) is 0. The topological polar surface area (TPSA) is 0 Å². The molecule has 32 valence electrons. The summed E-state index contributed by atoms with van der Waals surface area (Å²) in [5.41, 5.74) is 0. The summed E-state index contributed by atoms with van der Waals surface area (Å²) in [5.74, 6) is 0. The van der Waals surface area contributed by atoms with Gasteiger partial charge in [-0.15, -0.1) is 0 Å². The maximum absolute atomic E-state index is 2.76. The van der Waals surface area contributed by atoms with Gasteiger partial charge in [0.1, 0.15) is 0 Å². The molecule has 0 saturated heterocycles. The monoisotopic (exact) mass is 438 g/mol. The molecule has 4 heteroatoms. The summed E-state index contributed by atoms with van der Waals surface area (Å²) in [6.07, 6.45) is 0. The van der Waals surface area contributed by atoms with E-state index in [-0.39, 0.29) is 41.5 Å². The molecule has 0 unspecified atom stereocenters. The molecule has 0 aliphatic heterocycles. The molecule has 0 rings (SSSR count). The van der Waals surface area contributed by atoms with E-state index in [4.69, 9.17) is 0 Å². The van der Waals surface area contributed by atoms with Gasteiger partial charge in [0.2, 0.25) is 0 Å². The van der Waals surface area contributed by atoms with Gasteiger partial charge in [-0.05, 0) is 0 Å². The third-order valence-corrected chi connectivity index (χ3v) is 0. The summed E-state index contributed by atoms with van der Waals surface area (Å²) in [6.45, 7) is 0. The summed E-state index contributed by atoms with van der Waals surface area (Å²) < 4.78 is 0. The molecule has 1 radical (unpaired) electrons. The fourth-order valence-corrected chi connectivity index (χ4v) is 0. The van der Waals surface area contributed by atoms with Crippen LogP contribution in [0.3, 0.4) is 0 Å². The standard InChI is InChI=1S/GeH4.Pd.Sn.Te.4H/h1H4;;;;;;;. The van der Waals surface area contributed by atoms with E-state index in [0.717, 1.165) is 0 Å². The first-order chi connectivity index (χ1) is 1.00. The van der Waals surface area contributed by atoms with Crippen LogP contribution in [0.1, 0.15) is 0 Å². The van der Waals surface area contributed by atoms with Gasteiger partial charge in [0, 0.05) is 0 Å². The van der Waals surface area contributed by atoms with Crippen molar-refractivity contribution in [2.45, 2.75) is 0 Å². The molecule has 0 saturated carbocycles. The number of hydrogen-bond donors (Lipinski definition) is 0. The van der Waals surface area contributed by atoms with E-state index in [1.165, 1.54) is 0 Å². The predicted octanol–water partition coefficient (Wildman–Crippen LogP) is -3.29. The summed E-state index contributed by atoms with van der Waals surface area (Å²) in [7, 11) is 0. The molecule has 0 atom stereocenters. The second-order valence-electron chi connectivity index (χ2n) is 0. The molecular weight excluding hydrogens is 425 g/mol. The van der Waals surface area contributed by atoms with E-state index in [9.17, 15) is 0 Å². The van der Waals surface area contributed by atoms with Crippen LogP contribution in [0.25, 0.3) is 0 Å². The summed E-state index contributed by atoms with van der Waals surface area (Å²) in [4.78, 5) is 0. The van der Waals surface area contributed by atoms with Gasteiger partial charge in [-0.2, -0.15) is 0 Å². The average Bonchev–Trinajstić information content (AvgIpc) is 1.00. The van der Waals surface area contributed by atoms with Crippen molar-refractivity contribution in [2.75, 3.05) is 0 Å². The first-order valence-corrected chi connectivity index (χ1v) is 5.12. The van der Waals surface area contributed by atoms with Gasteiger partial charge in [-0.25, -0.2) is 0 Å². The molecule has 0 aliphatic carbocycles. The Morgan fingerprint density at radius 2 is 1.25 bits per heavy atom. The van der Waals surface area contributed by atoms with Crippen molar-refractivity contribution in [3.63, 3.8) is 0 Å². The second kappa shape index (κ2) is 17.1. The Morgan fingerprint density at radius 3 is 1.25 bits per heavy atom. The molecule has 0 aromatic heterocycles. The summed E-state index contributed by atoms with van der Waals surface area (Å²) in [6, 6.07) is 0. The van der Waals surface area contributed by atoms with Gasteiger partial charge in [0.25, 0.3) is 0 Å². The quantitative estimate of drug-likeness (QED) is 0.352. The molecule has 0 bridgehead atoms. The van der Waals surface area contributed by atoms with Gasteiger partial charge < -0.3 is 0 Å². The van der Waals surface area contributed by atoms with Crippen LogP contribution in [-0.2, 0) is 15.7 Å². The minimum absolute atomic E-state index is 0. The van der Waals surface area contributed by atoms with E-state index in [1.54, 1.807) is 19.2 Å². The molecular formula is H8GePdSnTe. The molecule has 0 amide bonds. The van der Waals surface area contributed by atoms with E-state index in [1.807, 2.05) is 0 Å². The van der Waals surface area contributed by atoms with E-state index < -0.39 is 0 Å². The molecule has 0 fully saturated rings. The fourth-order valence-electron chi connectivity index (χ4n) is 0. The zero-order valence-corrected chi connectivity index (χ0v) is 4.61.